The Morgan fingerprint density at radius 1 is 1.22 bits per heavy atom. The van der Waals surface area contributed by atoms with E-state index in [0.29, 0.717) is 13.0 Å². The Morgan fingerprint density at radius 3 is 2.61 bits per heavy atom. The molecule has 0 bridgehead atoms. The first-order chi connectivity index (χ1) is 8.53. The lowest BCUT2D eigenvalue weighted by atomic mass is 10.1. The van der Waals surface area contributed by atoms with Gasteiger partial charge in [-0.3, -0.25) is 0 Å². The van der Waals surface area contributed by atoms with Gasteiger partial charge >= 0.3 is 0 Å². The predicted octanol–water partition coefficient (Wildman–Crippen LogP) is 2.38. The monoisotopic (exact) mass is 251 g/mol. The maximum absolute atomic E-state index is 8.98. The van der Waals surface area contributed by atoms with E-state index in [2.05, 4.69) is 26.1 Å². The molecule has 1 aromatic carbocycles. The van der Waals surface area contributed by atoms with E-state index in [9.17, 15) is 0 Å². The van der Waals surface area contributed by atoms with E-state index >= 15 is 0 Å². The average molecular weight is 251 g/mol. The number of para-hydroxylation sites is 1. The van der Waals surface area contributed by atoms with Crippen LogP contribution in [0.15, 0.2) is 24.3 Å². The molecule has 0 heterocycles. The van der Waals surface area contributed by atoms with Crippen LogP contribution in [0.4, 0.5) is 0 Å². The van der Waals surface area contributed by atoms with Crippen molar-refractivity contribution >= 4 is 0 Å². The lowest BCUT2D eigenvalue weighted by Crippen LogP contribution is -2.36. The predicted molar refractivity (Wildman–Crippen MR) is 75.1 cm³/mol. The van der Waals surface area contributed by atoms with Gasteiger partial charge in [0.2, 0.25) is 0 Å². The normalized spacial score (nSPS) is 11.6. The summed E-state index contributed by atoms with van der Waals surface area (Å²) >= 11 is 0. The van der Waals surface area contributed by atoms with Gasteiger partial charge in [0.15, 0.2) is 0 Å². The molecule has 0 aromatic heterocycles. The van der Waals surface area contributed by atoms with Gasteiger partial charge in [0, 0.05) is 12.1 Å². The SMILES string of the molecule is CC(C)(C)NCCCOc1ccccc1CCO. The molecule has 0 fully saturated rings. The van der Waals surface area contributed by atoms with Crippen LogP contribution in [0.3, 0.4) is 0 Å². The molecule has 0 amide bonds. The molecular formula is C15H25NO2. The van der Waals surface area contributed by atoms with Crippen LogP contribution in [0.25, 0.3) is 0 Å². The van der Waals surface area contributed by atoms with Gasteiger partial charge < -0.3 is 15.2 Å². The zero-order valence-electron chi connectivity index (χ0n) is 11.7. The van der Waals surface area contributed by atoms with Gasteiger partial charge in [0.1, 0.15) is 5.75 Å². The van der Waals surface area contributed by atoms with Crippen LogP contribution in [0.1, 0.15) is 32.8 Å². The van der Waals surface area contributed by atoms with Crippen molar-refractivity contribution in [2.24, 2.45) is 0 Å². The lowest BCUT2D eigenvalue weighted by Gasteiger charge is -2.20. The minimum absolute atomic E-state index is 0.159. The fourth-order valence-corrected chi connectivity index (χ4v) is 1.69. The maximum Gasteiger partial charge on any atom is 0.122 e. The summed E-state index contributed by atoms with van der Waals surface area (Å²) in [5, 5.41) is 12.4. The van der Waals surface area contributed by atoms with Crippen molar-refractivity contribution in [3.8, 4) is 5.75 Å². The minimum Gasteiger partial charge on any atom is -0.493 e. The van der Waals surface area contributed by atoms with E-state index in [-0.39, 0.29) is 12.1 Å². The first-order valence-electron chi connectivity index (χ1n) is 6.59. The van der Waals surface area contributed by atoms with Crippen LogP contribution in [-0.4, -0.2) is 30.4 Å². The molecule has 0 aliphatic carbocycles. The van der Waals surface area contributed by atoms with Crippen LogP contribution in [0, 0.1) is 0 Å². The van der Waals surface area contributed by atoms with Gasteiger partial charge in [0.05, 0.1) is 6.61 Å². The second-order valence-corrected chi connectivity index (χ2v) is 5.46. The number of aliphatic hydroxyl groups is 1. The van der Waals surface area contributed by atoms with Gasteiger partial charge in [-0.15, -0.1) is 0 Å². The van der Waals surface area contributed by atoms with Crippen LogP contribution in [0.5, 0.6) is 5.75 Å². The number of nitrogens with one attached hydrogen (secondary N) is 1. The molecule has 0 aliphatic heterocycles. The summed E-state index contributed by atoms with van der Waals surface area (Å²) in [5.41, 5.74) is 1.23. The van der Waals surface area contributed by atoms with Crippen LogP contribution in [-0.2, 0) is 6.42 Å². The van der Waals surface area contributed by atoms with Crippen molar-refractivity contribution < 1.29 is 9.84 Å². The third-order valence-electron chi connectivity index (χ3n) is 2.59. The summed E-state index contributed by atoms with van der Waals surface area (Å²) in [4.78, 5) is 0. The van der Waals surface area contributed by atoms with Crippen molar-refractivity contribution in [3.63, 3.8) is 0 Å². The van der Waals surface area contributed by atoms with E-state index in [1.54, 1.807) is 0 Å². The van der Waals surface area contributed by atoms with E-state index in [1.807, 2.05) is 24.3 Å². The number of hydrogen-bond acceptors (Lipinski definition) is 3. The molecule has 0 saturated carbocycles. The van der Waals surface area contributed by atoms with Gasteiger partial charge in [0.25, 0.3) is 0 Å². The average Bonchev–Trinajstić information content (AvgIpc) is 2.29. The van der Waals surface area contributed by atoms with E-state index in [0.717, 1.165) is 24.3 Å². The summed E-state index contributed by atoms with van der Waals surface area (Å²) in [7, 11) is 0. The number of rotatable bonds is 7. The first-order valence-corrected chi connectivity index (χ1v) is 6.59. The number of hydrogen-bond donors (Lipinski definition) is 2. The molecule has 3 nitrogen and oxygen atoms in total. The molecular weight excluding hydrogens is 226 g/mol. The molecule has 18 heavy (non-hydrogen) atoms. The maximum atomic E-state index is 8.98. The summed E-state index contributed by atoms with van der Waals surface area (Å²) in [5.74, 6) is 0.891. The number of benzene rings is 1. The molecule has 0 unspecified atom stereocenters. The van der Waals surface area contributed by atoms with E-state index < -0.39 is 0 Å². The first kappa shape index (κ1) is 15.0. The van der Waals surface area contributed by atoms with E-state index in [4.69, 9.17) is 9.84 Å². The Kier molecular flexibility index (Phi) is 6.16. The summed E-state index contributed by atoms with van der Waals surface area (Å²) in [6, 6.07) is 7.89. The van der Waals surface area contributed by atoms with Crippen molar-refractivity contribution in [2.45, 2.75) is 39.2 Å². The Bertz CT molecular complexity index is 345. The highest BCUT2D eigenvalue weighted by Gasteiger charge is 2.07. The molecule has 0 spiro atoms. The van der Waals surface area contributed by atoms with Crippen molar-refractivity contribution in [1.82, 2.24) is 5.32 Å². The molecule has 3 heteroatoms. The zero-order chi connectivity index (χ0) is 13.4. The quantitative estimate of drug-likeness (QED) is 0.731. The number of ether oxygens (including phenoxy) is 1. The summed E-state index contributed by atoms with van der Waals surface area (Å²) in [6.07, 6.45) is 1.63. The topological polar surface area (TPSA) is 41.5 Å². The van der Waals surface area contributed by atoms with Gasteiger partial charge in [-0.1, -0.05) is 18.2 Å². The molecule has 0 aliphatic rings. The molecule has 0 atom stereocenters. The molecule has 1 aromatic rings. The van der Waals surface area contributed by atoms with Gasteiger partial charge in [-0.05, 0) is 51.8 Å². The molecule has 0 radical (unpaired) electrons. The Balaban J connectivity index is 2.31. The van der Waals surface area contributed by atoms with Crippen molar-refractivity contribution in [1.29, 1.82) is 0 Å². The fourth-order valence-electron chi connectivity index (χ4n) is 1.69. The number of aliphatic hydroxyl groups excluding tert-OH is 1. The third-order valence-corrected chi connectivity index (χ3v) is 2.59. The second-order valence-electron chi connectivity index (χ2n) is 5.46. The standard InChI is InChI=1S/C15H25NO2/c1-15(2,3)16-10-6-12-18-14-8-5-4-7-13(14)9-11-17/h4-5,7-8,16-17H,6,9-12H2,1-3H3. The highest BCUT2D eigenvalue weighted by molar-refractivity contribution is 5.33. The van der Waals surface area contributed by atoms with Crippen LogP contribution >= 0.6 is 0 Å². The Hall–Kier alpha value is -1.06. The van der Waals surface area contributed by atoms with Gasteiger partial charge in [-0.25, -0.2) is 0 Å². The molecule has 0 saturated heterocycles. The minimum atomic E-state index is 0.159. The smallest absolute Gasteiger partial charge is 0.122 e. The molecule has 2 N–H and O–H groups in total. The molecule has 1 rings (SSSR count). The van der Waals surface area contributed by atoms with Crippen LogP contribution in [0.2, 0.25) is 0 Å². The lowest BCUT2D eigenvalue weighted by molar-refractivity contribution is 0.282. The summed E-state index contributed by atoms with van der Waals surface area (Å²) in [6.45, 7) is 8.28. The highest BCUT2D eigenvalue weighted by Crippen LogP contribution is 2.18. The fraction of sp³-hybridized carbons (Fsp3) is 0.600. The van der Waals surface area contributed by atoms with E-state index in [1.165, 1.54) is 0 Å². The van der Waals surface area contributed by atoms with Crippen molar-refractivity contribution in [2.75, 3.05) is 19.8 Å². The Labute approximate surface area is 110 Å². The highest BCUT2D eigenvalue weighted by atomic mass is 16.5. The van der Waals surface area contributed by atoms with Crippen molar-refractivity contribution in [3.05, 3.63) is 29.8 Å². The summed E-state index contributed by atoms with van der Waals surface area (Å²) < 4.78 is 5.75. The Morgan fingerprint density at radius 2 is 1.94 bits per heavy atom. The zero-order valence-corrected chi connectivity index (χ0v) is 11.7. The van der Waals surface area contributed by atoms with Gasteiger partial charge in [-0.2, -0.15) is 0 Å². The third kappa shape index (κ3) is 6.03. The molecule has 102 valence electrons. The largest absolute Gasteiger partial charge is 0.493 e. The van der Waals surface area contributed by atoms with Crippen LogP contribution < -0.4 is 10.1 Å². The second kappa shape index (κ2) is 7.39.